The number of morpholine rings is 1. The van der Waals surface area contributed by atoms with Crippen LogP contribution in [0.15, 0.2) is 24.3 Å². The lowest BCUT2D eigenvalue weighted by molar-refractivity contribution is -0.163. The van der Waals surface area contributed by atoms with Crippen LogP contribution >= 0.6 is 0 Å². The highest BCUT2D eigenvalue weighted by atomic mass is 16.5. The van der Waals surface area contributed by atoms with Crippen molar-refractivity contribution in [3.05, 3.63) is 29.8 Å². The summed E-state index contributed by atoms with van der Waals surface area (Å²) in [7, 11) is 0. The maximum atomic E-state index is 12.0. The van der Waals surface area contributed by atoms with Crippen molar-refractivity contribution in [2.24, 2.45) is 5.73 Å². The first-order chi connectivity index (χ1) is 9.52. The minimum atomic E-state index is -0.315. The Bertz CT molecular complexity index is 461. The van der Waals surface area contributed by atoms with E-state index < -0.39 is 0 Å². The highest BCUT2D eigenvalue weighted by molar-refractivity contribution is 5.78. The molecule has 20 heavy (non-hydrogen) atoms. The Morgan fingerprint density at radius 1 is 1.40 bits per heavy atom. The number of carbonyl (C=O) groups is 1. The number of ether oxygens (including phenoxy) is 1. The van der Waals surface area contributed by atoms with Crippen molar-refractivity contribution < 1.29 is 14.6 Å². The topological polar surface area (TPSA) is 75.8 Å². The summed E-state index contributed by atoms with van der Waals surface area (Å²) >= 11 is 0. The second-order valence-electron chi connectivity index (χ2n) is 5.55. The van der Waals surface area contributed by atoms with Crippen molar-refractivity contribution >= 4 is 5.91 Å². The SMILES string of the molecule is CC1(CCCN)CN(Cc2ccc(O)cc2)C(=O)CO1. The number of aromatic hydroxyl groups is 1. The molecule has 1 heterocycles. The fraction of sp³-hybridized carbons (Fsp3) is 0.533. The Morgan fingerprint density at radius 2 is 2.10 bits per heavy atom. The Balaban J connectivity index is 2.01. The van der Waals surface area contributed by atoms with Crippen LogP contribution in [0.3, 0.4) is 0 Å². The molecule has 1 saturated heterocycles. The second-order valence-corrected chi connectivity index (χ2v) is 5.55. The van der Waals surface area contributed by atoms with Gasteiger partial charge in [-0.25, -0.2) is 0 Å². The molecule has 0 aromatic heterocycles. The van der Waals surface area contributed by atoms with Crippen molar-refractivity contribution in [3.8, 4) is 5.75 Å². The molecule has 1 fully saturated rings. The zero-order valence-corrected chi connectivity index (χ0v) is 11.8. The third kappa shape index (κ3) is 3.71. The summed E-state index contributed by atoms with van der Waals surface area (Å²) in [6.45, 7) is 3.90. The minimum Gasteiger partial charge on any atom is -0.508 e. The van der Waals surface area contributed by atoms with Gasteiger partial charge >= 0.3 is 0 Å². The van der Waals surface area contributed by atoms with Crippen LogP contribution in [-0.4, -0.2) is 41.2 Å². The van der Waals surface area contributed by atoms with Gasteiger partial charge in [-0.3, -0.25) is 4.79 Å². The fourth-order valence-electron chi connectivity index (χ4n) is 2.46. The van der Waals surface area contributed by atoms with Crippen LogP contribution < -0.4 is 5.73 Å². The van der Waals surface area contributed by atoms with Gasteiger partial charge in [0.05, 0.1) is 5.60 Å². The maximum Gasteiger partial charge on any atom is 0.248 e. The molecule has 1 aliphatic rings. The van der Waals surface area contributed by atoms with Crippen molar-refractivity contribution in [2.45, 2.75) is 31.9 Å². The predicted molar refractivity (Wildman–Crippen MR) is 76.2 cm³/mol. The molecule has 1 unspecified atom stereocenters. The molecule has 5 heteroatoms. The summed E-state index contributed by atoms with van der Waals surface area (Å²) in [5.74, 6) is 0.234. The van der Waals surface area contributed by atoms with Crippen LogP contribution in [0.1, 0.15) is 25.3 Å². The number of phenols is 1. The molecular formula is C15H22N2O3. The van der Waals surface area contributed by atoms with Gasteiger partial charge in [-0.15, -0.1) is 0 Å². The van der Waals surface area contributed by atoms with Gasteiger partial charge in [-0.1, -0.05) is 12.1 Å². The summed E-state index contributed by atoms with van der Waals surface area (Å²) in [4.78, 5) is 13.8. The molecule has 0 spiro atoms. The zero-order chi connectivity index (χ0) is 14.6. The van der Waals surface area contributed by atoms with Crippen molar-refractivity contribution in [1.82, 2.24) is 4.90 Å². The molecule has 2 rings (SSSR count). The molecule has 1 atom stereocenters. The third-order valence-electron chi connectivity index (χ3n) is 3.64. The molecule has 0 saturated carbocycles. The molecule has 0 bridgehead atoms. The smallest absolute Gasteiger partial charge is 0.248 e. The maximum absolute atomic E-state index is 12.0. The number of nitrogens with two attached hydrogens (primary N) is 1. The first-order valence-electron chi connectivity index (χ1n) is 6.92. The highest BCUT2D eigenvalue weighted by Crippen LogP contribution is 2.24. The quantitative estimate of drug-likeness (QED) is 0.850. The number of carbonyl (C=O) groups excluding carboxylic acids is 1. The van der Waals surface area contributed by atoms with E-state index in [1.807, 2.05) is 24.0 Å². The summed E-state index contributed by atoms with van der Waals surface area (Å²) in [5.41, 5.74) is 6.23. The average Bonchev–Trinajstić information content (AvgIpc) is 2.44. The average molecular weight is 278 g/mol. The number of hydrogen-bond donors (Lipinski definition) is 2. The van der Waals surface area contributed by atoms with E-state index in [4.69, 9.17) is 10.5 Å². The Hall–Kier alpha value is -1.59. The van der Waals surface area contributed by atoms with E-state index in [0.717, 1.165) is 18.4 Å². The number of phenolic OH excluding ortho intramolecular Hbond substituents is 1. The molecule has 5 nitrogen and oxygen atoms in total. The number of benzene rings is 1. The normalized spacial score (nSPS) is 23.1. The van der Waals surface area contributed by atoms with E-state index >= 15 is 0 Å². The lowest BCUT2D eigenvalue weighted by atomic mass is 9.97. The number of nitrogens with zero attached hydrogens (tertiary/aromatic N) is 1. The second kappa shape index (κ2) is 6.24. The molecule has 1 aromatic carbocycles. The van der Waals surface area contributed by atoms with E-state index in [1.165, 1.54) is 0 Å². The lowest BCUT2D eigenvalue weighted by Gasteiger charge is -2.40. The molecule has 1 aromatic rings. The standard InChI is InChI=1S/C15H22N2O3/c1-15(7-2-8-16)11-17(14(19)10-20-15)9-12-3-5-13(18)6-4-12/h3-6,18H,2,7-11,16H2,1H3. The Kier molecular flexibility index (Phi) is 4.62. The molecule has 1 aliphatic heterocycles. The van der Waals surface area contributed by atoms with E-state index in [2.05, 4.69) is 0 Å². The lowest BCUT2D eigenvalue weighted by Crippen LogP contribution is -2.52. The Labute approximate surface area is 119 Å². The third-order valence-corrected chi connectivity index (χ3v) is 3.64. The zero-order valence-electron chi connectivity index (χ0n) is 11.8. The minimum absolute atomic E-state index is 0.00305. The van der Waals surface area contributed by atoms with Gasteiger partial charge in [0.15, 0.2) is 0 Å². The van der Waals surface area contributed by atoms with E-state index in [0.29, 0.717) is 19.6 Å². The monoisotopic (exact) mass is 278 g/mol. The van der Waals surface area contributed by atoms with Crippen LogP contribution in [0.5, 0.6) is 5.75 Å². The van der Waals surface area contributed by atoms with Gasteiger partial charge in [0.1, 0.15) is 12.4 Å². The van der Waals surface area contributed by atoms with Crippen LogP contribution in [0.2, 0.25) is 0 Å². The number of hydrogen-bond acceptors (Lipinski definition) is 4. The summed E-state index contributed by atoms with van der Waals surface area (Å²) in [6, 6.07) is 6.92. The van der Waals surface area contributed by atoms with Crippen LogP contribution in [0.25, 0.3) is 0 Å². The van der Waals surface area contributed by atoms with Gasteiger partial charge in [-0.05, 0) is 44.0 Å². The van der Waals surface area contributed by atoms with Gasteiger partial charge in [0.25, 0.3) is 0 Å². The predicted octanol–water partition coefficient (Wildman–Crippen LogP) is 1.25. The van der Waals surface area contributed by atoms with Crippen LogP contribution in [-0.2, 0) is 16.1 Å². The fourth-order valence-corrected chi connectivity index (χ4v) is 2.46. The highest BCUT2D eigenvalue weighted by Gasteiger charge is 2.35. The van der Waals surface area contributed by atoms with E-state index in [9.17, 15) is 9.90 Å². The Morgan fingerprint density at radius 3 is 2.75 bits per heavy atom. The van der Waals surface area contributed by atoms with Gasteiger partial charge in [-0.2, -0.15) is 0 Å². The van der Waals surface area contributed by atoms with Crippen LogP contribution in [0.4, 0.5) is 0 Å². The van der Waals surface area contributed by atoms with Gasteiger partial charge < -0.3 is 20.5 Å². The van der Waals surface area contributed by atoms with Crippen molar-refractivity contribution in [3.63, 3.8) is 0 Å². The van der Waals surface area contributed by atoms with Crippen molar-refractivity contribution in [1.29, 1.82) is 0 Å². The molecule has 110 valence electrons. The number of amides is 1. The first-order valence-corrected chi connectivity index (χ1v) is 6.92. The molecule has 1 amide bonds. The summed E-state index contributed by atoms with van der Waals surface area (Å²) in [5, 5.41) is 9.28. The number of rotatable bonds is 5. The summed E-state index contributed by atoms with van der Waals surface area (Å²) < 4.78 is 5.68. The van der Waals surface area contributed by atoms with Crippen molar-refractivity contribution in [2.75, 3.05) is 19.7 Å². The largest absolute Gasteiger partial charge is 0.508 e. The molecule has 3 N–H and O–H groups in total. The van der Waals surface area contributed by atoms with Gasteiger partial charge in [0.2, 0.25) is 5.91 Å². The molecule has 0 radical (unpaired) electrons. The van der Waals surface area contributed by atoms with Gasteiger partial charge in [0, 0.05) is 13.1 Å². The van der Waals surface area contributed by atoms with Crippen LogP contribution in [0, 0.1) is 0 Å². The summed E-state index contributed by atoms with van der Waals surface area (Å²) in [6.07, 6.45) is 1.74. The van der Waals surface area contributed by atoms with E-state index in [-0.39, 0.29) is 23.9 Å². The molecular weight excluding hydrogens is 256 g/mol. The first kappa shape index (κ1) is 14.8. The molecule has 0 aliphatic carbocycles. The van der Waals surface area contributed by atoms with E-state index in [1.54, 1.807) is 12.1 Å².